The van der Waals surface area contributed by atoms with Crippen molar-refractivity contribution in [2.75, 3.05) is 13.1 Å². The Bertz CT molecular complexity index is 446. The maximum atomic E-state index is 12.1. The fourth-order valence-electron chi connectivity index (χ4n) is 2.42. The summed E-state index contributed by atoms with van der Waals surface area (Å²) in [6, 6.07) is 0.811. The van der Waals surface area contributed by atoms with Crippen molar-refractivity contribution in [1.82, 2.24) is 20.0 Å². The summed E-state index contributed by atoms with van der Waals surface area (Å²) in [6.07, 6.45) is 6.71. The molecule has 0 bridgehead atoms. The van der Waals surface area contributed by atoms with Crippen LogP contribution in [0.2, 0.25) is 0 Å². The minimum Gasteiger partial charge on any atom is -0.480 e. The Morgan fingerprint density at radius 3 is 2.90 bits per heavy atom. The van der Waals surface area contributed by atoms with Crippen LogP contribution in [-0.2, 0) is 11.3 Å². The van der Waals surface area contributed by atoms with Crippen LogP contribution in [0.3, 0.4) is 0 Å². The van der Waals surface area contributed by atoms with Crippen molar-refractivity contribution in [3.8, 4) is 0 Å². The molecule has 0 saturated carbocycles. The predicted molar refractivity (Wildman–Crippen MR) is 72.2 cm³/mol. The van der Waals surface area contributed by atoms with Crippen molar-refractivity contribution in [1.29, 1.82) is 0 Å². The maximum absolute atomic E-state index is 12.1. The first kappa shape index (κ1) is 14.4. The Kier molecular flexibility index (Phi) is 4.97. The van der Waals surface area contributed by atoms with E-state index in [9.17, 15) is 14.7 Å². The SMILES string of the molecule is O=C(O)C1CCCCCN1C(=O)NCCn1cccn1. The number of carbonyl (C=O) groups excluding carboxylic acids is 1. The molecule has 1 saturated heterocycles. The second-order valence-electron chi connectivity index (χ2n) is 4.90. The molecule has 110 valence electrons. The molecular formula is C13H20N4O3. The smallest absolute Gasteiger partial charge is 0.326 e. The first-order valence-electron chi connectivity index (χ1n) is 6.93. The molecule has 1 aromatic rings. The first-order valence-corrected chi connectivity index (χ1v) is 6.93. The number of aromatic nitrogens is 2. The third kappa shape index (κ3) is 3.72. The zero-order chi connectivity index (χ0) is 14.4. The number of nitrogens with zero attached hydrogens (tertiary/aromatic N) is 3. The van der Waals surface area contributed by atoms with Gasteiger partial charge in [-0.3, -0.25) is 4.68 Å². The highest BCUT2D eigenvalue weighted by molar-refractivity contribution is 5.82. The molecular weight excluding hydrogens is 260 g/mol. The second-order valence-corrected chi connectivity index (χ2v) is 4.90. The molecule has 1 aliphatic rings. The number of carboxylic acid groups (broad SMARTS) is 1. The standard InChI is InChI=1S/C13H20N4O3/c18-12(19)11-5-2-1-3-9-17(11)13(20)14-7-10-16-8-4-6-15-16/h4,6,8,11H,1-3,5,7,9-10H2,(H,14,20)(H,18,19). The number of aliphatic carboxylic acids is 1. The summed E-state index contributed by atoms with van der Waals surface area (Å²) in [7, 11) is 0. The van der Waals surface area contributed by atoms with Crippen molar-refractivity contribution >= 4 is 12.0 Å². The van der Waals surface area contributed by atoms with Crippen LogP contribution in [0.4, 0.5) is 4.79 Å². The lowest BCUT2D eigenvalue weighted by Crippen LogP contribution is -2.49. The number of hydrogen-bond acceptors (Lipinski definition) is 3. The van der Waals surface area contributed by atoms with Gasteiger partial charge < -0.3 is 15.3 Å². The van der Waals surface area contributed by atoms with Gasteiger partial charge in [0.1, 0.15) is 6.04 Å². The Morgan fingerprint density at radius 1 is 1.35 bits per heavy atom. The summed E-state index contributed by atoms with van der Waals surface area (Å²) in [5.74, 6) is -0.922. The van der Waals surface area contributed by atoms with Crippen LogP contribution in [0, 0.1) is 0 Å². The molecule has 2 N–H and O–H groups in total. The molecule has 2 rings (SSSR count). The van der Waals surface area contributed by atoms with Crippen LogP contribution >= 0.6 is 0 Å². The van der Waals surface area contributed by atoms with Crippen molar-refractivity contribution in [2.45, 2.75) is 38.3 Å². The number of rotatable bonds is 4. The Hall–Kier alpha value is -2.05. The van der Waals surface area contributed by atoms with E-state index in [4.69, 9.17) is 0 Å². The molecule has 1 unspecified atom stereocenters. The average molecular weight is 280 g/mol. The topological polar surface area (TPSA) is 87.5 Å². The van der Waals surface area contributed by atoms with Gasteiger partial charge in [-0.1, -0.05) is 12.8 Å². The zero-order valence-corrected chi connectivity index (χ0v) is 11.4. The lowest BCUT2D eigenvalue weighted by Gasteiger charge is -2.27. The first-order chi connectivity index (χ1) is 9.68. The molecule has 0 aliphatic carbocycles. The van der Waals surface area contributed by atoms with Crippen LogP contribution in [0.25, 0.3) is 0 Å². The second kappa shape index (κ2) is 6.93. The molecule has 1 aromatic heterocycles. The number of nitrogens with one attached hydrogen (secondary N) is 1. The van der Waals surface area contributed by atoms with Gasteiger partial charge in [0.05, 0.1) is 6.54 Å². The minimum absolute atomic E-state index is 0.300. The normalized spacial score (nSPS) is 19.4. The van der Waals surface area contributed by atoms with E-state index in [0.29, 0.717) is 26.1 Å². The van der Waals surface area contributed by atoms with E-state index in [-0.39, 0.29) is 6.03 Å². The van der Waals surface area contributed by atoms with Gasteiger partial charge in [0.15, 0.2) is 0 Å². The van der Waals surface area contributed by atoms with Crippen LogP contribution in [-0.4, -0.2) is 50.9 Å². The van der Waals surface area contributed by atoms with Gasteiger partial charge in [-0.2, -0.15) is 5.10 Å². The monoisotopic (exact) mass is 280 g/mol. The van der Waals surface area contributed by atoms with E-state index in [1.165, 1.54) is 4.90 Å². The summed E-state index contributed by atoms with van der Waals surface area (Å²) < 4.78 is 1.72. The number of hydrogen-bond donors (Lipinski definition) is 2. The third-order valence-corrected chi connectivity index (χ3v) is 3.48. The van der Waals surface area contributed by atoms with Gasteiger partial charge in [-0.05, 0) is 18.9 Å². The van der Waals surface area contributed by atoms with Gasteiger partial charge in [0.2, 0.25) is 0 Å². The van der Waals surface area contributed by atoms with E-state index in [1.807, 2.05) is 12.3 Å². The molecule has 20 heavy (non-hydrogen) atoms. The van der Waals surface area contributed by atoms with Crippen molar-refractivity contribution in [3.05, 3.63) is 18.5 Å². The predicted octanol–water partition coefficient (Wildman–Crippen LogP) is 0.922. The van der Waals surface area contributed by atoms with E-state index < -0.39 is 12.0 Å². The molecule has 0 radical (unpaired) electrons. The molecule has 0 spiro atoms. The highest BCUT2D eigenvalue weighted by Crippen LogP contribution is 2.17. The fraction of sp³-hybridized carbons (Fsp3) is 0.615. The van der Waals surface area contributed by atoms with Gasteiger partial charge in [-0.25, -0.2) is 9.59 Å². The third-order valence-electron chi connectivity index (χ3n) is 3.48. The summed E-state index contributed by atoms with van der Waals surface area (Å²) in [4.78, 5) is 24.8. The highest BCUT2D eigenvalue weighted by atomic mass is 16.4. The van der Waals surface area contributed by atoms with Gasteiger partial charge in [-0.15, -0.1) is 0 Å². The van der Waals surface area contributed by atoms with Crippen molar-refractivity contribution in [2.24, 2.45) is 0 Å². The molecule has 1 atom stereocenters. The van der Waals surface area contributed by atoms with Crippen molar-refractivity contribution < 1.29 is 14.7 Å². The van der Waals surface area contributed by atoms with E-state index in [2.05, 4.69) is 10.4 Å². The molecule has 2 heterocycles. The minimum atomic E-state index is -0.922. The number of likely N-dealkylation sites (tertiary alicyclic amines) is 1. The van der Waals surface area contributed by atoms with E-state index in [1.54, 1.807) is 10.9 Å². The molecule has 2 amide bonds. The van der Waals surface area contributed by atoms with E-state index >= 15 is 0 Å². The van der Waals surface area contributed by atoms with E-state index in [0.717, 1.165) is 19.3 Å². The number of carboxylic acids is 1. The lowest BCUT2D eigenvalue weighted by molar-refractivity contribution is -0.142. The highest BCUT2D eigenvalue weighted by Gasteiger charge is 2.30. The quantitative estimate of drug-likeness (QED) is 0.858. The Morgan fingerprint density at radius 2 is 2.20 bits per heavy atom. The Balaban J connectivity index is 1.86. The van der Waals surface area contributed by atoms with Crippen LogP contribution in [0.1, 0.15) is 25.7 Å². The molecule has 1 fully saturated rings. The van der Waals surface area contributed by atoms with Gasteiger partial charge in [0.25, 0.3) is 0 Å². The summed E-state index contributed by atoms with van der Waals surface area (Å²) in [5.41, 5.74) is 0. The van der Waals surface area contributed by atoms with Crippen LogP contribution in [0.5, 0.6) is 0 Å². The number of carbonyl (C=O) groups is 2. The Labute approximate surface area is 117 Å². The molecule has 7 nitrogen and oxygen atoms in total. The summed E-state index contributed by atoms with van der Waals surface area (Å²) >= 11 is 0. The molecule has 7 heteroatoms. The van der Waals surface area contributed by atoms with Gasteiger partial charge in [0, 0.05) is 25.5 Å². The fourth-order valence-corrected chi connectivity index (χ4v) is 2.42. The van der Waals surface area contributed by atoms with Gasteiger partial charge >= 0.3 is 12.0 Å². The summed E-state index contributed by atoms with van der Waals surface area (Å²) in [6.45, 7) is 1.51. The van der Waals surface area contributed by atoms with Crippen LogP contribution in [0.15, 0.2) is 18.5 Å². The van der Waals surface area contributed by atoms with Crippen LogP contribution < -0.4 is 5.32 Å². The number of urea groups is 1. The maximum Gasteiger partial charge on any atom is 0.326 e. The average Bonchev–Trinajstić information content (AvgIpc) is 2.80. The largest absolute Gasteiger partial charge is 0.480 e. The summed E-state index contributed by atoms with van der Waals surface area (Å²) in [5, 5.41) is 16.0. The number of amides is 2. The molecule has 0 aromatic carbocycles. The van der Waals surface area contributed by atoms with Crippen molar-refractivity contribution in [3.63, 3.8) is 0 Å². The molecule has 1 aliphatic heterocycles. The lowest BCUT2D eigenvalue weighted by atomic mass is 10.1. The zero-order valence-electron chi connectivity index (χ0n) is 11.4.